The number of sulfonamides is 1. The number of benzene rings is 2. The fourth-order valence-electron chi connectivity index (χ4n) is 2.41. The minimum atomic E-state index is -3.84. The molecule has 140 valence electrons. The van der Waals surface area contributed by atoms with Gasteiger partial charge in [-0.1, -0.05) is 17.7 Å². The Balaban J connectivity index is 2.55. The number of rotatable bonds is 8. The fourth-order valence-corrected chi connectivity index (χ4v) is 3.51. The molecule has 0 spiro atoms. The number of aryl methyl sites for hydroxylation is 1. The first-order valence-corrected chi connectivity index (χ1v) is 9.66. The molecule has 0 unspecified atom stereocenters. The molecule has 3 N–H and O–H groups in total. The molecule has 0 saturated heterocycles. The van der Waals surface area contributed by atoms with Crippen molar-refractivity contribution in [2.75, 3.05) is 28.4 Å². The SMILES string of the molecule is CCNc1cc([N+](=O)[O-])cc(NCC)c1NS(=O)(=O)c1ccc(C)cc1. The van der Waals surface area contributed by atoms with Crippen molar-refractivity contribution >= 4 is 32.8 Å². The van der Waals surface area contributed by atoms with Crippen LogP contribution in [0.1, 0.15) is 19.4 Å². The Kier molecular flexibility index (Phi) is 6.04. The first-order valence-electron chi connectivity index (χ1n) is 8.18. The van der Waals surface area contributed by atoms with Crippen LogP contribution in [0.3, 0.4) is 0 Å². The summed E-state index contributed by atoms with van der Waals surface area (Å²) in [5.41, 5.74) is 1.75. The van der Waals surface area contributed by atoms with E-state index in [1.807, 2.05) is 20.8 Å². The molecule has 2 aromatic rings. The molecule has 0 aliphatic rings. The number of hydrogen-bond donors (Lipinski definition) is 3. The van der Waals surface area contributed by atoms with Gasteiger partial charge in [0.15, 0.2) is 0 Å². The van der Waals surface area contributed by atoms with Crippen LogP contribution in [-0.2, 0) is 10.0 Å². The summed E-state index contributed by atoms with van der Waals surface area (Å²) in [6.45, 7) is 6.47. The van der Waals surface area contributed by atoms with E-state index >= 15 is 0 Å². The van der Waals surface area contributed by atoms with Gasteiger partial charge in [0.1, 0.15) is 0 Å². The molecule has 0 aliphatic heterocycles. The summed E-state index contributed by atoms with van der Waals surface area (Å²) in [4.78, 5) is 10.8. The van der Waals surface area contributed by atoms with Gasteiger partial charge in [-0.05, 0) is 32.9 Å². The highest BCUT2D eigenvalue weighted by molar-refractivity contribution is 7.92. The zero-order chi connectivity index (χ0) is 19.3. The lowest BCUT2D eigenvalue weighted by molar-refractivity contribution is -0.384. The molecule has 26 heavy (non-hydrogen) atoms. The maximum Gasteiger partial charge on any atom is 0.273 e. The summed E-state index contributed by atoms with van der Waals surface area (Å²) >= 11 is 0. The molecule has 0 amide bonds. The Morgan fingerprint density at radius 2 is 1.50 bits per heavy atom. The number of nitrogens with one attached hydrogen (secondary N) is 3. The zero-order valence-corrected chi connectivity index (χ0v) is 15.7. The van der Waals surface area contributed by atoms with Crippen LogP contribution in [0.5, 0.6) is 0 Å². The molecule has 0 fully saturated rings. The largest absolute Gasteiger partial charge is 0.383 e. The quantitative estimate of drug-likeness (QED) is 0.478. The van der Waals surface area contributed by atoms with E-state index in [0.29, 0.717) is 24.5 Å². The van der Waals surface area contributed by atoms with Crippen LogP contribution in [0.15, 0.2) is 41.3 Å². The molecule has 9 heteroatoms. The van der Waals surface area contributed by atoms with Crippen molar-refractivity contribution in [2.24, 2.45) is 0 Å². The van der Waals surface area contributed by atoms with Gasteiger partial charge in [-0.15, -0.1) is 0 Å². The molecule has 2 rings (SSSR count). The predicted octanol–water partition coefficient (Wildman–Crippen LogP) is 3.57. The molecular weight excluding hydrogens is 356 g/mol. The molecule has 0 radical (unpaired) electrons. The van der Waals surface area contributed by atoms with Crippen molar-refractivity contribution in [1.29, 1.82) is 0 Å². The minimum absolute atomic E-state index is 0.117. The molecule has 0 heterocycles. The van der Waals surface area contributed by atoms with Crippen molar-refractivity contribution in [3.05, 3.63) is 52.1 Å². The molecule has 0 bridgehead atoms. The van der Waals surface area contributed by atoms with Crippen molar-refractivity contribution < 1.29 is 13.3 Å². The molecule has 0 aliphatic carbocycles. The lowest BCUT2D eigenvalue weighted by atomic mass is 10.2. The van der Waals surface area contributed by atoms with E-state index in [4.69, 9.17) is 0 Å². The average Bonchev–Trinajstić information content (AvgIpc) is 2.58. The third kappa shape index (κ3) is 4.42. The number of nitro benzene ring substituents is 1. The van der Waals surface area contributed by atoms with Gasteiger partial charge in [0.25, 0.3) is 15.7 Å². The van der Waals surface area contributed by atoms with Gasteiger partial charge in [-0.25, -0.2) is 8.42 Å². The molecular formula is C17H22N4O4S. The van der Waals surface area contributed by atoms with E-state index in [-0.39, 0.29) is 16.3 Å². The summed E-state index contributed by atoms with van der Waals surface area (Å²) in [5, 5.41) is 17.1. The minimum Gasteiger partial charge on any atom is -0.383 e. The van der Waals surface area contributed by atoms with E-state index < -0.39 is 14.9 Å². The standard InChI is InChI=1S/C17H22N4O4S/c1-4-18-15-10-13(21(22)23)11-16(19-5-2)17(15)20-26(24,25)14-8-6-12(3)7-9-14/h6-11,18-20H,4-5H2,1-3H3. The Morgan fingerprint density at radius 1 is 1.00 bits per heavy atom. The van der Waals surface area contributed by atoms with Crippen LogP contribution >= 0.6 is 0 Å². The second kappa shape index (κ2) is 8.05. The number of hydrogen-bond acceptors (Lipinski definition) is 6. The Labute approximate surface area is 152 Å². The van der Waals surface area contributed by atoms with Crippen molar-refractivity contribution in [2.45, 2.75) is 25.7 Å². The summed E-state index contributed by atoms with van der Waals surface area (Å²) in [6.07, 6.45) is 0. The lowest BCUT2D eigenvalue weighted by Crippen LogP contribution is -2.16. The molecule has 2 aromatic carbocycles. The highest BCUT2D eigenvalue weighted by Crippen LogP contribution is 2.37. The van der Waals surface area contributed by atoms with Crippen LogP contribution in [0, 0.1) is 17.0 Å². The Hall–Kier alpha value is -2.81. The van der Waals surface area contributed by atoms with Crippen LogP contribution in [0.2, 0.25) is 0 Å². The normalized spacial score (nSPS) is 11.0. The summed E-state index contributed by atoms with van der Waals surface area (Å²) in [6, 6.07) is 9.09. The number of nitrogens with zero attached hydrogens (tertiary/aromatic N) is 1. The van der Waals surface area contributed by atoms with Gasteiger partial charge in [-0.3, -0.25) is 14.8 Å². The van der Waals surface area contributed by atoms with Crippen molar-refractivity contribution in [3.63, 3.8) is 0 Å². The van der Waals surface area contributed by atoms with Crippen LogP contribution in [0.4, 0.5) is 22.7 Å². The predicted molar refractivity (Wildman–Crippen MR) is 103 cm³/mol. The maximum absolute atomic E-state index is 12.7. The fraction of sp³-hybridized carbons (Fsp3) is 0.294. The second-order valence-electron chi connectivity index (χ2n) is 5.65. The molecule has 0 aromatic heterocycles. The third-order valence-electron chi connectivity index (χ3n) is 3.64. The zero-order valence-electron chi connectivity index (χ0n) is 14.9. The van der Waals surface area contributed by atoms with Crippen LogP contribution < -0.4 is 15.4 Å². The van der Waals surface area contributed by atoms with Gasteiger partial charge >= 0.3 is 0 Å². The summed E-state index contributed by atoms with van der Waals surface area (Å²) in [7, 11) is -3.84. The van der Waals surface area contributed by atoms with Gasteiger partial charge in [-0.2, -0.15) is 0 Å². The van der Waals surface area contributed by atoms with E-state index in [9.17, 15) is 18.5 Å². The van der Waals surface area contributed by atoms with Gasteiger partial charge in [0, 0.05) is 25.2 Å². The number of anilines is 3. The van der Waals surface area contributed by atoms with Crippen LogP contribution in [0.25, 0.3) is 0 Å². The van der Waals surface area contributed by atoms with E-state index in [1.54, 1.807) is 12.1 Å². The lowest BCUT2D eigenvalue weighted by Gasteiger charge is -2.18. The monoisotopic (exact) mass is 378 g/mol. The summed E-state index contributed by atoms with van der Waals surface area (Å²) in [5.74, 6) is 0. The Bertz CT molecular complexity index is 868. The highest BCUT2D eigenvalue weighted by Gasteiger charge is 2.22. The topological polar surface area (TPSA) is 113 Å². The van der Waals surface area contributed by atoms with E-state index in [2.05, 4.69) is 15.4 Å². The molecule has 8 nitrogen and oxygen atoms in total. The van der Waals surface area contributed by atoms with E-state index in [0.717, 1.165) is 5.56 Å². The number of non-ortho nitro benzene ring substituents is 1. The highest BCUT2D eigenvalue weighted by atomic mass is 32.2. The number of nitro groups is 1. The van der Waals surface area contributed by atoms with Crippen molar-refractivity contribution in [3.8, 4) is 0 Å². The first kappa shape index (κ1) is 19.5. The summed E-state index contributed by atoms with van der Waals surface area (Å²) < 4.78 is 28.0. The average molecular weight is 378 g/mol. The van der Waals surface area contributed by atoms with Crippen molar-refractivity contribution in [1.82, 2.24) is 0 Å². The maximum atomic E-state index is 12.7. The van der Waals surface area contributed by atoms with E-state index in [1.165, 1.54) is 24.3 Å². The smallest absolute Gasteiger partial charge is 0.273 e. The van der Waals surface area contributed by atoms with Gasteiger partial charge in [0.2, 0.25) is 0 Å². The Morgan fingerprint density at radius 3 is 1.92 bits per heavy atom. The molecule has 0 saturated carbocycles. The second-order valence-corrected chi connectivity index (χ2v) is 7.33. The third-order valence-corrected chi connectivity index (χ3v) is 5.00. The van der Waals surface area contributed by atoms with Gasteiger partial charge < -0.3 is 10.6 Å². The molecule has 0 atom stereocenters. The first-order chi connectivity index (χ1) is 12.3. The van der Waals surface area contributed by atoms with Crippen LogP contribution in [-0.4, -0.2) is 26.4 Å². The van der Waals surface area contributed by atoms with Gasteiger partial charge in [0.05, 0.1) is 26.9 Å².